The van der Waals surface area contributed by atoms with Crippen molar-refractivity contribution in [2.75, 3.05) is 36.4 Å². The summed E-state index contributed by atoms with van der Waals surface area (Å²) in [6, 6.07) is 8.75. The zero-order valence-electron chi connectivity index (χ0n) is 16.2. The molecule has 1 amide bonds. The van der Waals surface area contributed by atoms with Gasteiger partial charge < -0.3 is 10.2 Å². The van der Waals surface area contributed by atoms with Gasteiger partial charge in [0.05, 0.1) is 17.8 Å². The Labute approximate surface area is 164 Å². The Bertz CT molecular complexity index is 903. The van der Waals surface area contributed by atoms with Crippen LogP contribution < -0.4 is 10.2 Å². The number of rotatable bonds is 5. The topological polar surface area (TPSA) is 76.6 Å². The van der Waals surface area contributed by atoms with Gasteiger partial charge in [-0.2, -0.15) is 5.10 Å². The number of carbonyl (C=O) groups is 1. The molecule has 2 N–H and O–H groups in total. The minimum atomic E-state index is -0.137. The highest BCUT2D eigenvalue weighted by Crippen LogP contribution is 2.29. The summed E-state index contributed by atoms with van der Waals surface area (Å²) in [6.07, 6.45) is 3.57. The van der Waals surface area contributed by atoms with E-state index < -0.39 is 0 Å². The number of nitrogens with one attached hydrogen (secondary N) is 2. The van der Waals surface area contributed by atoms with Crippen molar-refractivity contribution in [1.29, 1.82) is 0 Å². The van der Waals surface area contributed by atoms with E-state index >= 15 is 0 Å². The van der Waals surface area contributed by atoms with Gasteiger partial charge >= 0.3 is 0 Å². The van der Waals surface area contributed by atoms with E-state index in [1.54, 1.807) is 0 Å². The van der Waals surface area contributed by atoms with E-state index in [2.05, 4.69) is 49.4 Å². The van der Waals surface area contributed by atoms with Crippen LogP contribution in [0.3, 0.4) is 0 Å². The van der Waals surface area contributed by atoms with Gasteiger partial charge in [-0.25, -0.2) is 0 Å². The molecule has 2 fully saturated rings. The van der Waals surface area contributed by atoms with Crippen LogP contribution in [0, 0.1) is 0 Å². The number of amides is 1. The number of H-pyrrole nitrogens is 1. The van der Waals surface area contributed by atoms with Crippen LogP contribution in [0.4, 0.5) is 11.5 Å². The lowest BCUT2D eigenvalue weighted by Gasteiger charge is -2.36. The van der Waals surface area contributed by atoms with Gasteiger partial charge in [0.2, 0.25) is 0 Å². The standard InChI is InChI=1S/C21H26N6O/c1-2-17-19-18(13-22-17)24-25-20(19)23-21(28)14-3-5-15(6-4-14)26-9-11-27(12-10-26)16-7-8-16/h3-6,16H,2,7-13H2,1H3,(H2,23,24,25,28). The summed E-state index contributed by atoms with van der Waals surface area (Å²) in [5.74, 6) is 0.445. The molecule has 2 aliphatic heterocycles. The van der Waals surface area contributed by atoms with Crippen LogP contribution in [0.25, 0.3) is 0 Å². The molecule has 0 atom stereocenters. The maximum Gasteiger partial charge on any atom is 0.256 e. The SMILES string of the molecule is CCC1=NCc2[nH]nc(NC(=O)c3ccc(N4CCN(C5CC5)CC4)cc3)c21. The summed E-state index contributed by atoms with van der Waals surface area (Å²) in [6.45, 7) is 7.07. The van der Waals surface area contributed by atoms with Crippen molar-refractivity contribution in [2.24, 2.45) is 4.99 Å². The third-order valence-corrected chi connectivity index (χ3v) is 6.00. The molecule has 0 unspecified atom stereocenters. The van der Waals surface area contributed by atoms with E-state index in [0.717, 1.165) is 55.6 Å². The van der Waals surface area contributed by atoms with Crippen molar-refractivity contribution < 1.29 is 4.79 Å². The lowest BCUT2D eigenvalue weighted by molar-refractivity contribution is 0.102. The van der Waals surface area contributed by atoms with Crippen LogP contribution in [0.5, 0.6) is 0 Å². The number of piperazine rings is 1. The molecule has 0 spiro atoms. The second kappa shape index (κ2) is 7.05. The second-order valence-corrected chi connectivity index (χ2v) is 7.80. The smallest absolute Gasteiger partial charge is 0.256 e. The molecule has 1 aromatic heterocycles. The fraction of sp³-hybridized carbons (Fsp3) is 0.476. The molecule has 0 radical (unpaired) electrons. The molecule has 1 saturated carbocycles. The maximum atomic E-state index is 12.7. The second-order valence-electron chi connectivity index (χ2n) is 7.80. The summed E-state index contributed by atoms with van der Waals surface area (Å²) in [5.41, 5.74) is 4.77. The van der Waals surface area contributed by atoms with Gasteiger partial charge in [-0.1, -0.05) is 6.92 Å². The van der Waals surface area contributed by atoms with Crippen LogP contribution in [-0.4, -0.2) is 58.9 Å². The highest BCUT2D eigenvalue weighted by molar-refractivity contribution is 6.11. The van der Waals surface area contributed by atoms with Gasteiger partial charge in [-0.3, -0.25) is 19.8 Å². The number of hydrogen-bond acceptors (Lipinski definition) is 5. The van der Waals surface area contributed by atoms with E-state index in [-0.39, 0.29) is 5.91 Å². The van der Waals surface area contributed by atoms with E-state index in [0.29, 0.717) is 17.9 Å². The molecule has 3 aliphatic rings. The monoisotopic (exact) mass is 378 g/mol. The number of anilines is 2. The molecule has 7 heteroatoms. The van der Waals surface area contributed by atoms with Crippen LogP contribution >= 0.6 is 0 Å². The van der Waals surface area contributed by atoms with Crippen molar-refractivity contribution in [3.05, 3.63) is 41.1 Å². The predicted molar refractivity (Wildman–Crippen MR) is 110 cm³/mol. The van der Waals surface area contributed by atoms with Crippen LogP contribution in [-0.2, 0) is 6.54 Å². The van der Waals surface area contributed by atoms with Crippen molar-refractivity contribution in [1.82, 2.24) is 15.1 Å². The Morgan fingerprint density at radius 2 is 1.93 bits per heavy atom. The number of fused-ring (bicyclic) bond motifs is 1. The Balaban J connectivity index is 1.24. The number of nitrogens with zero attached hydrogens (tertiary/aromatic N) is 4. The number of aliphatic imine (C=N–C) groups is 1. The molecule has 28 heavy (non-hydrogen) atoms. The Morgan fingerprint density at radius 3 is 2.61 bits per heavy atom. The van der Waals surface area contributed by atoms with E-state index in [4.69, 9.17) is 0 Å². The van der Waals surface area contributed by atoms with Crippen molar-refractivity contribution in [2.45, 2.75) is 38.8 Å². The molecule has 5 rings (SSSR count). The third kappa shape index (κ3) is 3.20. The molecular formula is C21H26N6O. The van der Waals surface area contributed by atoms with Gasteiger partial charge in [-0.15, -0.1) is 0 Å². The average Bonchev–Trinajstić information content (AvgIpc) is 3.40. The maximum absolute atomic E-state index is 12.7. The molecule has 146 valence electrons. The quantitative estimate of drug-likeness (QED) is 0.839. The highest BCUT2D eigenvalue weighted by atomic mass is 16.1. The van der Waals surface area contributed by atoms with E-state index in [1.807, 2.05) is 12.1 Å². The van der Waals surface area contributed by atoms with E-state index in [1.165, 1.54) is 18.5 Å². The summed E-state index contributed by atoms with van der Waals surface area (Å²) in [7, 11) is 0. The number of carbonyl (C=O) groups excluding carboxylic acids is 1. The lowest BCUT2D eigenvalue weighted by atomic mass is 10.1. The number of aromatic nitrogens is 2. The van der Waals surface area contributed by atoms with Gasteiger partial charge in [0.1, 0.15) is 0 Å². The highest BCUT2D eigenvalue weighted by Gasteiger charge is 2.31. The van der Waals surface area contributed by atoms with Gasteiger partial charge in [0, 0.05) is 49.2 Å². The molecule has 2 aromatic rings. The summed E-state index contributed by atoms with van der Waals surface area (Å²) in [5, 5.41) is 10.2. The van der Waals surface area contributed by atoms with Crippen LogP contribution in [0.2, 0.25) is 0 Å². The molecule has 7 nitrogen and oxygen atoms in total. The molecule has 1 saturated heterocycles. The van der Waals surface area contributed by atoms with Crippen LogP contribution in [0.1, 0.15) is 47.8 Å². The molecular weight excluding hydrogens is 352 g/mol. The fourth-order valence-corrected chi connectivity index (χ4v) is 4.22. The largest absolute Gasteiger partial charge is 0.369 e. The van der Waals surface area contributed by atoms with Gasteiger partial charge in [-0.05, 0) is 43.5 Å². The lowest BCUT2D eigenvalue weighted by Crippen LogP contribution is -2.47. The molecule has 0 bridgehead atoms. The normalized spacial score (nSPS) is 19.5. The Morgan fingerprint density at radius 1 is 1.18 bits per heavy atom. The first kappa shape index (κ1) is 17.4. The first-order valence-electron chi connectivity index (χ1n) is 10.2. The summed E-state index contributed by atoms with van der Waals surface area (Å²) in [4.78, 5) is 22.2. The first-order valence-corrected chi connectivity index (χ1v) is 10.2. The zero-order valence-corrected chi connectivity index (χ0v) is 16.2. The van der Waals surface area contributed by atoms with Crippen molar-refractivity contribution in [3.8, 4) is 0 Å². The molecule has 1 aromatic carbocycles. The number of hydrogen-bond donors (Lipinski definition) is 2. The number of benzene rings is 1. The molecule has 1 aliphatic carbocycles. The zero-order chi connectivity index (χ0) is 19.1. The number of aromatic amines is 1. The third-order valence-electron chi connectivity index (χ3n) is 6.00. The predicted octanol–water partition coefficient (Wildman–Crippen LogP) is 2.66. The van der Waals surface area contributed by atoms with Gasteiger partial charge in [0.25, 0.3) is 5.91 Å². The van der Waals surface area contributed by atoms with Crippen molar-refractivity contribution >= 4 is 23.1 Å². The summed E-state index contributed by atoms with van der Waals surface area (Å²) >= 11 is 0. The Kier molecular flexibility index (Phi) is 4.39. The summed E-state index contributed by atoms with van der Waals surface area (Å²) < 4.78 is 0. The first-order chi connectivity index (χ1) is 13.7. The Hall–Kier alpha value is -2.67. The van der Waals surface area contributed by atoms with E-state index in [9.17, 15) is 4.79 Å². The minimum absolute atomic E-state index is 0.137. The molecule has 3 heterocycles. The minimum Gasteiger partial charge on any atom is -0.369 e. The fourth-order valence-electron chi connectivity index (χ4n) is 4.22. The van der Waals surface area contributed by atoms with Crippen molar-refractivity contribution in [3.63, 3.8) is 0 Å². The van der Waals surface area contributed by atoms with Crippen LogP contribution in [0.15, 0.2) is 29.3 Å². The van der Waals surface area contributed by atoms with Gasteiger partial charge in [0.15, 0.2) is 5.82 Å². The average molecular weight is 378 g/mol.